The van der Waals surface area contributed by atoms with Crippen LogP contribution in [-0.4, -0.2) is 52.2 Å². The van der Waals surface area contributed by atoms with Crippen LogP contribution in [0.4, 0.5) is 10.6 Å². The first-order valence-electron chi connectivity index (χ1n) is 10.8. The number of ether oxygens (including phenoxy) is 3. The maximum atomic E-state index is 13.2. The molecule has 2 N–H and O–H groups in total. The number of fused-ring (bicyclic) bond motifs is 2. The fourth-order valence-corrected chi connectivity index (χ4v) is 6.05. The van der Waals surface area contributed by atoms with E-state index in [0.29, 0.717) is 28.3 Å². The molecule has 0 saturated carbocycles. The lowest BCUT2D eigenvalue weighted by molar-refractivity contribution is -0.0744. The van der Waals surface area contributed by atoms with E-state index in [4.69, 9.17) is 45.1 Å². The molecule has 6 rings (SSSR count). The van der Waals surface area contributed by atoms with Gasteiger partial charge < -0.3 is 24.5 Å². The molecule has 3 aliphatic heterocycles. The third kappa shape index (κ3) is 4.16. The standard InChI is InChI=1S/C21H20ClN4O8P/c22-12-3-1-2-11(8-12)14-5-7-29-35(28,34-14)30-9-15-16-17(33-21(27)32-16)20(31-15)26-6-4-13-18(23)24-10-25-19(13)26/h1-4,6,8,10,14-17,20H,5,7,9H2,(H2,23,24,25)/t14-,15+,16+,17+,20+,35+/m0/s1. The number of phosphoric ester groups is 1. The summed E-state index contributed by atoms with van der Waals surface area (Å²) in [4.78, 5) is 20.2. The van der Waals surface area contributed by atoms with Crippen LogP contribution < -0.4 is 5.73 Å². The van der Waals surface area contributed by atoms with Gasteiger partial charge in [-0.25, -0.2) is 19.3 Å². The third-order valence-electron chi connectivity index (χ3n) is 6.07. The number of nitrogens with two attached hydrogens (primary N) is 1. The van der Waals surface area contributed by atoms with Gasteiger partial charge in [-0.2, -0.15) is 0 Å². The molecule has 0 unspecified atom stereocenters. The van der Waals surface area contributed by atoms with E-state index in [2.05, 4.69) is 9.97 Å². The summed E-state index contributed by atoms with van der Waals surface area (Å²) in [5.74, 6) is 0.307. The number of rotatable bonds is 5. The van der Waals surface area contributed by atoms with Crippen LogP contribution in [0.15, 0.2) is 42.9 Å². The van der Waals surface area contributed by atoms with Gasteiger partial charge in [0.15, 0.2) is 18.4 Å². The second kappa shape index (κ2) is 8.74. The van der Waals surface area contributed by atoms with Gasteiger partial charge in [-0.15, -0.1) is 0 Å². The smallest absolute Gasteiger partial charge is 0.424 e. The average molecular weight is 523 g/mol. The zero-order valence-electron chi connectivity index (χ0n) is 18.1. The molecule has 3 fully saturated rings. The fourth-order valence-electron chi connectivity index (χ4n) is 4.46. The second-order valence-corrected chi connectivity index (χ2v) is 10.3. The highest BCUT2D eigenvalue weighted by atomic mass is 35.5. The highest BCUT2D eigenvalue weighted by Gasteiger charge is 2.56. The van der Waals surface area contributed by atoms with E-state index >= 15 is 0 Å². The molecule has 1 aromatic carbocycles. The fraction of sp³-hybridized carbons (Fsp3) is 0.381. The Morgan fingerprint density at radius 2 is 2.09 bits per heavy atom. The van der Waals surface area contributed by atoms with Gasteiger partial charge in [-0.3, -0.25) is 13.6 Å². The van der Waals surface area contributed by atoms with Crippen LogP contribution in [0.1, 0.15) is 24.3 Å². The van der Waals surface area contributed by atoms with E-state index in [1.165, 1.54) is 6.33 Å². The first kappa shape index (κ1) is 22.7. The Hall–Kier alpha value is -2.73. The summed E-state index contributed by atoms with van der Waals surface area (Å²) in [5.41, 5.74) is 7.20. The Balaban J connectivity index is 1.19. The van der Waals surface area contributed by atoms with Crippen LogP contribution in [0.3, 0.4) is 0 Å². The highest BCUT2D eigenvalue weighted by molar-refractivity contribution is 7.48. The van der Waals surface area contributed by atoms with Crippen LogP contribution in [-0.2, 0) is 32.3 Å². The van der Waals surface area contributed by atoms with Gasteiger partial charge in [0.25, 0.3) is 0 Å². The van der Waals surface area contributed by atoms with Crippen molar-refractivity contribution < 1.29 is 37.1 Å². The van der Waals surface area contributed by atoms with E-state index in [1.54, 1.807) is 35.0 Å². The molecule has 0 spiro atoms. The lowest BCUT2D eigenvalue weighted by Gasteiger charge is -2.30. The molecule has 12 nitrogen and oxygen atoms in total. The van der Waals surface area contributed by atoms with E-state index in [-0.39, 0.29) is 13.2 Å². The summed E-state index contributed by atoms with van der Waals surface area (Å²) in [7, 11) is -3.93. The van der Waals surface area contributed by atoms with E-state index in [9.17, 15) is 9.36 Å². The van der Waals surface area contributed by atoms with Crippen molar-refractivity contribution in [2.75, 3.05) is 18.9 Å². The SMILES string of the molecule is Nc1ncnc2c1ccn2[C@@H]1O[C@H](CO[P@@]2(=O)OCC[C@@H](c3cccc(Cl)c3)O2)[C@H]2OC(=O)O[C@H]21. The van der Waals surface area contributed by atoms with Crippen molar-refractivity contribution in [3.05, 3.63) is 53.4 Å². The summed E-state index contributed by atoms with van der Waals surface area (Å²) >= 11 is 6.07. The predicted molar refractivity (Wildman–Crippen MR) is 120 cm³/mol. The quantitative estimate of drug-likeness (QED) is 0.385. The molecular weight excluding hydrogens is 503 g/mol. The number of nitrogen functional groups attached to an aromatic ring is 1. The van der Waals surface area contributed by atoms with Gasteiger partial charge in [0, 0.05) is 17.6 Å². The number of carbonyl (C=O) groups is 1. The van der Waals surface area contributed by atoms with Crippen LogP contribution in [0.25, 0.3) is 11.0 Å². The lowest BCUT2D eigenvalue weighted by atomic mass is 10.1. The van der Waals surface area contributed by atoms with Crippen LogP contribution in [0.5, 0.6) is 0 Å². The minimum atomic E-state index is -3.93. The van der Waals surface area contributed by atoms with Gasteiger partial charge in [-0.05, 0) is 23.8 Å². The highest BCUT2D eigenvalue weighted by Crippen LogP contribution is 2.57. The van der Waals surface area contributed by atoms with Gasteiger partial charge in [0.2, 0.25) is 0 Å². The summed E-state index contributed by atoms with van der Waals surface area (Å²) in [6.07, 6.45) is -0.990. The zero-order chi connectivity index (χ0) is 24.2. The number of aromatic nitrogens is 3. The molecule has 14 heteroatoms. The monoisotopic (exact) mass is 522 g/mol. The summed E-state index contributed by atoms with van der Waals surface area (Å²) < 4.78 is 48.3. The number of anilines is 1. The molecule has 0 aliphatic carbocycles. The van der Waals surface area contributed by atoms with Gasteiger partial charge in [-0.1, -0.05) is 23.7 Å². The van der Waals surface area contributed by atoms with Crippen molar-refractivity contribution in [3.63, 3.8) is 0 Å². The number of carbonyl (C=O) groups excluding carboxylic acids is 1. The molecule has 3 aromatic rings. The maximum absolute atomic E-state index is 13.2. The molecule has 3 saturated heterocycles. The molecule has 0 amide bonds. The molecule has 184 valence electrons. The minimum Gasteiger partial charge on any atom is -0.424 e. The topological polar surface area (TPSA) is 146 Å². The van der Waals surface area contributed by atoms with Gasteiger partial charge in [0.05, 0.1) is 24.7 Å². The Morgan fingerprint density at radius 3 is 2.94 bits per heavy atom. The van der Waals surface area contributed by atoms with Gasteiger partial charge >= 0.3 is 14.0 Å². The van der Waals surface area contributed by atoms with Crippen molar-refractivity contribution in [2.24, 2.45) is 0 Å². The van der Waals surface area contributed by atoms with E-state index in [0.717, 1.165) is 5.56 Å². The van der Waals surface area contributed by atoms with Crippen molar-refractivity contribution >= 4 is 42.4 Å². The Labute approximate surface area is 203 Å². The van der Waals surface area contributed by atoms with E-state index < -0.39 is 44.6 Å². The number of nitrogens with zero attached hydrogens (tertiary/aromatic N) is 3. The zero-order valence-corrected chi connectivity index (χ0v) is 19.7. The second-order valence-electron chi connectivity index (χ2n) is 8.21. The molecule has 5 heterocycles. The number of phosphoric acid groups is 1. The number of halogens is 1. The maximum Gasteiger partial charge on any atom is 0.509 e. The molecule has 0 radical (unpaired) electrons. The first-order valence-corrected chi connectivity index (χ1v) is 12.7. The van der Waals surface area contributed by atoms with Crippen LogP contribution in [0.2, 0.25) is 5.02 Å². The van der Waals surface area contributed by atoms with Gasteiger partial charge in [0.1, 0.15) is 23.9 Å². The van der Waals surface area contributed by atoms with Crippen LogP contribution in [0, 0.1) is 0 Å². The Kier molecular flexibility index (Phi) is 5.67. The number of benzene rings is 1. The number of hydrogen-bond donors (Lipinski definition) is 1. The number of hydrogen-bond acceptors (Lipinski definition) is 11. The molecule has 6 atom stereocenters. The molecule has 35 heavy (non-hydrogen) atoms. The normalized spacial score (nSPS) is 32.4. The lowest BCUT2D eigenvalue weighted by Crippen LogP contribution is -2.32. The third-order valence-corrected chi connectivity index (χ3v) is 7.78. The van der Waals surface area contributed by atoms with Crippen molar-refractivity contribution in [1.29, 1.82) is 0 Å². The Bertz CT molecular complexity index is 1340. The summed E-state index contributed by atoms with van der Waals surface area (Å²) in [6.45, 7) is -0.0621. The first-order chi connectivity index (χ1) is 16.9. The molecule has 2 aromatic heterocycles. The van der Waals surface area contributed by atoms with Crippen molar-refractivity contribution in [1.82, 2.24) is 14.5 Å². The van der Waals surface area contributed by atoms with E-state index in [1.807, 2.05) is 6.07 Å². The van der Waals surface area contributed by atoms with Crippen molar-refractivity contribution in [2.45, 2.75) is 37.1 Å². The molecule has 3 aliphatic rings. The van der Waals surface area contributed by atoms with Crippen LogP contribution >= 0.6 is 19.4 Å². The molecular formula is C21H20ClN4O8P. The average Bonchev–Trinajstić information content (AvgIpc) is 3.52. The van der Waals surface area contributed by atoms with Crippen molar-refractivity contribution in [3.8, 4) is 0 Å². The summed E-state index contributed by atoms with van der Waals surface area (Å²) in [5, 5.41) is 1.16. The summed E-state index contributed by atoms with van der Waals surface area (Å²) in [6, 6.07) is 8.83. The molecule has 0 bridgehead atoms. The predicted octanol–water partition coefficient (Wildman–Crippen LogP) is 3.77. The Morgan fingerprint density at radius 1 is 1.23 bits per heavy atom. The minimum absolute atomic E-state index is 0.170. The largest absolute Gasteiger partial charge is 0.509 e.